The Labute approximate surface area is 74.6 Å². The second-order valence-corrected chi connectivity index (χ2v) is 4.35. The van der Waals surface area contributed by atoms with Crippen LogP contribution in [0.5, 0.6) is 0 Å². The first-order chi connectivity index (χ1) is 5.13. The van der Waals surface area contributed by atoms with Crippen LogP contribution in [-0.4, -0.2) is 5.11 Å². The highest BCUT2D eigenvalue weighted by Crippen LogP contribution is 2.50. The molecule has 1 aromatic heterocycles. The third-order valence-corrected chi connectivity index (χ3v) is 3.94. The largest absolute Gasteiger partial charge is 0.384 e. The minimum atomic E-state index is -0.560. The van der Waals surface area contributed by atoms with Gasteiger partial charge in [-0.3, -0.25) is 0 Å². The zero-order valence-corrected chi connectivity index (χ0v) is 7.80. The fraction of sp³-hybridized carbons (Fsp3) is 0.500. The zero-order chi connectivity index (χ0) is 8.06. The Kier molecular flexibility index (Phi) is 1.53. The molecule has 0 atom stereocenters. The van der Waals surface area contributed by atoms with Crippen LogP contribution in [0.4, 0.5) is 0 Å². The molecule has 0 bridgehead atoms. The highest BCUT2D eigenvalue weighted by molar-refractivity contribution is 7.11. The highest BCUT2D eigenvalue weighted by atomic mass is 35.5. The van der Waals surface area contributed by atoms with Gasteiger partial charge >= 0.3 is 0 Å². The lowest BCUT2D eigenvalue weighted by Gasteiger charge is -2.03. The molecule has 1 aromatic rings. The van der Waals surface area contributed by atoms with Crippen LogP contribution in [0.2, 0.25) is 5.02 Å². The molecule has 1 heterocycles. The molecule has 1 aliphatic rings. The molecule has 0 unspecified atom stereocenters. The summed E-state index contributed by atoms with van der Waals surface area (Å²) in [6.07, 6.45) is 1.74. The molecule has 2 rings (SSSR count). The number of rotatable bonds is 1. The van der Waals surface area contributed by atoms with Gasteiger partial charge in [0.15, 0.2) is 0 Å². The molecule has 1 saturated carbocycles. The van der Waals surface area contributed by atoms with E-state index in [4.69, 9.17) is 11.6 Å². The summed E-state index contributed by atoms with van der Waals surface area (Å²) < 4.78 is 0. The van der Waals surface area contributed by atoms with Crippen molar-refractivity contribution in [1.29, 1.82) is 0 Å². The van der Waals surface area contributed by atoms with E-state index in [0.717, 1.165) is 28.3 Å². The van der Waals surface area contributed by atoms with Gasteiger partial charge in [0.25, 0.3) is 0 Å². The third kappa shape index (κ3) is 1.10. The van der Waals surface area contributed by atoms with Gasteiger partial charge in [0.05, 0.1) is 9.90 Å². The average molecular weight is 189 g/mol. The number of hydrogen-bond donors (Lipinski definition) is 1. The van der Waals surface area contributed by atoms with Crippen molar-refractivity contribution in [1.82, 2.24) is 0 Å². The predicted octanol–water partition coefficient (Wildman–Crippen LogP) is 2.69. The van der Waals surface area contributed by atoms with Gasteiger partial charge < -0.3 is 5.11 Å². The normalized spacial score (nSPS) is 20.3. The average Bonchev–Trinajstić information content (AvgIpc) is 2.60. The minimum absolute atomic E-state index is 0.560. The zero-order valence-electron chi connectivity index (χ0n) is 6.22. The molecule has 0 aromatic carbocycles. The summed E-state index contributed by atoms with van der Waals surface area (Å²) in [5.74, 6) is 0. The lowest BCUT2D eigenvalue weighted by atomic mass is 10.2. The monoisotopic (exact) mass is 188 g/mol. The summed E-state index contributed by atoms with van der Waals surface area (Å²) in [7, 11) is 0. The van der Waals surface area contributed by atoms with Crippen molar-refractivity contribution in [2.24, 2.45) is 0 Å². The van der Waals surface area contributed by atoms with Gasteiger partial charge in [-0.2, -0.15) is 0 Å². The molecule has 0 radical (unpaired) electrons. The van der Waals surface area contributed by atoms with Crippen molar-refractivity contribution in [3.05, 3.63) is 20.8 Å². The summed E-state index contributed by atoms with van der Waals surface area (Å²) in [6, 6.07) is 0. The van der Waals surface area contributed by atoms with Gasteiger partial charge in [-0.15, -0.1) is 11.3 Å². The van der Waals surface area contributed by atoms with Crippen molar-refractivity contribution >= 4 is 22.9 Å². The van der Waals surface area contributed by atoms with Crippen LogP contribution in [0, 0.1) is 6.92 Å². The smallest absolute Gasteiger partial charge is 0.100 e. The lowest BCUT2D eigenvalue weighted by molar-refractivity contribution is 0.155. The summed E-state index contributed by atoms with van der Waals surface area (Å²) in [5.41, 5.74) is 0.516. The summed E-state index contributed by atoms with van der Waals surface area (Å²) in [4.78, 5) is 0.955. The second-order valence-electron chi connectivity index (χ2n) is 3.09. The van der Waals surface area contributed by atoms with E-state index >= 15 is 0 Å². The van der Waals surface area contributed by atoms with Crippen LogP contribution in [-0.2, 0) is 5.60 Å². The Hall–Kier alpha value is -0.0500. The Balaban J connectivity index is 2.45. The van der Waals surface area contributed by atoms with E-state index in [0.29, 0.717) is 0 Å². The SMILES string of the molecule is Cc1csc(C2(O)CC2)c1Cl. The Morgan fingerprint density at radius 3 is 2.64 bits per heavy atom. The van der Waals surface area contributed by atoms with E-state index in [9.17, 15) is 5.11 Å². The van der Waals surface area contributed by atoms with Gasteiger partial charge in [0, 0.05) is 0 Å². The van der Waals surface area contributed by atoms with E-state index < -0.39 is 5.60 Å². The van der Waals surface area contributed by atoms with Crippen LogP contribution in [0.3, 0.4) is 0 Å². The van der Waals surface area contributed by atoms with Crippen LogP contribution >= 0.6 is 22.9 Å². The minimum Gasteiger partial charge on any atom is -0.384 e. The number of hydrogen-bond acceptors (Lipinski definition) is 2. The Morgan fingerprint density at radius 2 is 2.27 bits per heavy atom. The van der Waals surface area contributed by atoms with E-state index in [1.54, 1.807) is 11.3 Å². The fourth-order valence-corrected chi connectivity index (χ4v) is 2.62. The molecule has 11 heavy (non-hydrogen) atoms. The highest BCUT2D eigenvalue weighted by Gasteiger charge is 2.44. The second kappa shape index (κ2) is 2.22. The molecule has 3 heteroatoms. The number of halogens is 1. The van der Waals surface area contributed by atoms with Crippen molar-refractivity contribution in [3.8, 4) is 0 Å². The molecule has 0 amide bonds. The first kappa shape index (κ1) is 7.59. The molecule has 60 valence electrons. The van der Waals surface area contributed by atoms with E-state index in [-0.39, 0.29) is 0 Å². The summed E-state index contributed by atoms with van der Waals surface area (Å²) >= 11 is 7.55. The van der Waals surface area contributed by atoms with Gasteiger partial charge in [-0.1, -0.05) is 11.6 Å². The standard InChI is InChI=1S/C8H9ClOS/c1-5-4-11-7(6(5)9)8(10)2-3-8/h4,10H,2-3H2,1H3. The molecule has 0 saturated heterocycles. The fourth-order valence-electron chi connectivity index (χ4n) is 1.09. The Morgan fingerprint density at radius 1 is 1.64 bits per heavy atom. The predicted molar refractivity (Wildman–Crippen MR) is 47.2 cm³/mol. The number of aryl methyl sites for hydroxylation is 1. The van der Waals surface area contributed by atoms with E-state index in [1.165, 1.54) is 0 Å². The van der Waals surface area contributed by atoms with Crippen LogP contribution in [0.1, 0.15) is 23.3 Å². The van der Waals surface area contributed by atoms with Gasteiger partial charge in [0.1, 0.15) is 5.60 Å². The topological polar surface area (TPSA) is 20.2 Å². The molecule has 0 spiro atoms. The van der Waals surface area contributed by atoms with Crippen molar-refractivity contribution in [2.75, 3.05) is 0 Å². The van der Waals surface area contributed by atoms with E-state index in [2.05, 4.69) is 0 Å². The van der Waals surface area contributed by atoms with E-state index in [1.807, 2.05) is 12.3 Å². The maximum atomic E-state index is 9.72. The number of aliphatic hydroxyl groups is 1. The van der Waals surface area contributed by atoms with Gasteiger partial charge in [-0.25, -0.2) is 0 Å². The molecule has 1 fully saturated rings. The maximum absolute atomic E-state index is 9.72. The van der Waals surface area contributed by atoms with Crippen LogP contribution in [0.15, 0.2) is 5.38 Å². The van der Waals surface area contributed by atoms with Crippen LogP contribution in [0.25, 0.3) is 0 Å². The number of thiophene rings is 1. The first-order valence-electron chi connectivity index (χ1n) is 3.60. The first-order valence-corrected chi connectivity index (χ1v) is 4.86. The van der Waals surface area contributed by atoms with Crippen molar-refractivity contribution < 1.29 is 5.11 Å². The molecule has 1 nitrogen and oxygen atoms in total. The maximum Gasteiger partial charge on any atom is 0.100 e. The molecule has 0 aliphatic heterocycles. The molecule has 1 N–H and O–H groups in total. The summed E-state index contributed by atoms with van der Waals surface area (Å²) in [6.45, 7) is 1.97. The summed E-state index contributed by atoms with van der Waals surface area (Å²) in [5, 5.41) is 12.5. The van der Waals surface area contributed by atoms with Gasteiger partial charge in [0.2, 0.25) is 0 Å². The van der Waals surface area contributed by atoms with Gasteiger partial charge in [-0.05, 0) is 30.7 Å². The Bertz CT molecular complexity index is 288. The van der Waals surface area contributed by atoms with Crippen molar-refractivity contribution in [2.45, 2.75) is 25.4 Å². The van der Waals surface area contributed by atoms with Crippen molar-refractivity contribution in [3.63, 3.8) is 0 Å². The third-order valence-electron chi connectivity index (χ3n) is 2.05. The quantitative estimate of drug-likeness (QED) is 0.719. The van der Waals surface area contributed by atoms with Crippen LogP contribution < -0.4 is 0 Å². The lowest BCUT2D eigenvalue weighted by Crippen LogP contribution is -2.01. The molecule has 1 aliphatic carbocycles. The molecular weight excluding hydrogens is 180 g/mol. The molecular formula is C8H9ClOS.